The van der Waals surface area contributed by atoms with E-state index in [1.54, 1.807) is 0 Å². The van der Waals surface area contributed by atoms with E-state index in [4.69, 9.17) is 10.5 Å². The molecular formula is C31H32F2N4O3. The van der Waals surface area contributed by atoms with Crippen LogP contribution in [0.3, 0.4) is 0 Å². The van der Waals surface area contributed by atoms with Gasteiger partial charge >= 0.3 is 5.97 Å². The minimum Gasteiger partial charge on any atom is -0.619 e. The second-order valence-corrected chi connectivity index (χ2v) is 9.66. The third-order valence-corrected chi connectivity index (χ3v) is 6.43. The molecule has 0 aliphatic heterocycles. The Morgan fingerprint density at radius 1 is 0.975 bits per heavy atom. The van der Waals surface area contributed by atoms with Gasteiger partial charge < -0.3 is 21.0 Å². The quantitative estimate of drug-likeness (QED) is 0.158. The molecule has 4 rings (SSSR count). The van der Waals surface area contributed by atoms with Gasteiger partial charge in [0.2, 0.25) is 18.1 Å². The van der Waals surface area contributed by atoms with Crippen LogP contribution in [-0.4, -0.2) is 29.6 Å². The number of hydrogen-bond donors (Lipinski definition) is 2. The highest BCUT2D eigenvalue weighted by molar-refractivity contribution is 5.86. The van der Waals surface area contributed by atoms with Crippen LogP contribution in [-0.2, 0) is 30.5 Å². The minimum atomic E-state index is -0.882. The zero-order valence-corrected chi connectivity index (χ0v) is 22.2. The highest BCUT2D eigenvalue weighted by Crippen LogP contribution is 2.14. The molecule has 0 spiro atoms. The Bertz CT molecular complexity index is 1420. The van der Waals surface area contributed by atoms with Crippen molar-refractivity contribution in [3.8, 4) is 0 Å². The van der Waals surface area contributed by atoms with E-state index in [9.17, 15) is 18.8 Å². The molecule has 0 saturated heterocycles. The Labute approximate surface area is 232 Å². The number of nitrogens with zero attached hydrogens (tertiary/aromatic N) is 2. The van der Waals surface area contributed by atoms with Crippen molar-refractivity contribution in [2.45, 2.75) is 44.9 Å². The molecule has 0 unspecified atom stereocenters. The summed E-state index contributed by atoms with van der Waals surface area (Å²) in [5, 5.41) is 15.5. The normalized spacial score (nSPS) is 12.6. The summed E-state index contributed by atoms with van der Waals surface area (Å²) < 4.78 is 33.8. The van der Waals surface area contributed by atoms with Crippen molar-refractivity contribution < 1.29 is 23.0 Å². The molecule has 0 bridgehead atoms. The van der Waals surface area contributed by atoms with Crippen molar-refractivity contribution in [2.24, 2.45) is 5.73 Å². The molecule has 2 atom stereocenters. The van der Waals surface area contributed by atoms with E-state index < -0.39 is 29.7 Å². The number of nitrogens with two attached hydrogens (primary N) is 1. The summed E-state index contributed by atoms with van der Waals surface area (Å²) in [5.74, 6) is -2.26. The maximum absolute atomic E-state index is 13.8. The second kappa shape index (κ2) is 13.7. The number of benzene rings is 3. The van der Waals surface area contributed by atoms with Crippen LogP contribution in [0.25, 0.3) is 0 Å². The first-order valence-electron chi connectivity index (χ1n) is 13.1. The van der Waals surface area contributed by atoms with E-state index in [0.29, 0.717) is 29.0 Å². The van der Waals surface area contributed by atoms with Gasteiger partial charge in [-0.1, -0.05) is 61.5 Å². The zero-order valence-electron chi connectivity index (χ0n) is 22.2. The van der Waals surface area contributed by atoms with Gasteiger partial charge in [-0.25, -0.2) is 18.6 Å². The SMILES string of the molecule is CCc1cccc(CNC[C@@H](OC(=O)c2c[n+]([O-])cc(Cc3ccccc3)n2)[C@@H](N)Cc2cc(F)cc(F)c2)c1. The number of rotatable bonds is 12. The number of halogens is 2. The third-order valence-electron chi connectivity index (χ3n) is 6.43. The van der Waals surface area contributed by atoms with E-state index in [-0.39, 0.29) is 18.7 Å². The van der Waals surface area contributed by atoms with Crippen LogP contribution >= 0.6 is 0 Å². The molecule has 1 aromatic heterocycles. The van der Waals surface area contributed by atoms with E-state index in [1.165, 1.54) is 23.9 Å². The molecule has 208 valence electrons. The lowest BCUT2D eigenvalue weighted by Crippen LogP contribution is -2.46. The first-order chi connectivity index (χ1) is 19.3. The number of hydrogen-bond acceptors (Lipinski definition) is 6. The van der Waals surface area contributed by atoms with Crippen molar-refractivity contribution in [1.29, 1.82) is 0 Å². The number of aromatic nitrogens is 2. The molecule has 0 aliphatic rings. The number of ether oxygens (including phenoxy) is 1. The number of nitrogens with one attached hydrogen (secondary N) is 1. The molecular weight excluding hydrogens is 514 g/mol. The van der Waals surface area contributed by atoms with Gasteiger partial charge in [-0.15, -0.1) is 0 Å². The molecule has 9 heteroatoms. The maximum Gasteiger partial charge on any atom is 0.363 e. The summed E-state index contributed by atoms with van der Waals surface area (Å²) in [6.07, 6.45) is 2.79. The molecule has 7 nitrogen and oxygen atoms in total. The van der Waals surface area contributed by atoms with Crippen molar-refractivity contribution in [3.63, 3.8) is 0 Å². The van der Waals surface area contributed by atoms with Gasteiger partial charge in [-0.05, 0) is 47.2 Å². The smallest absolute Gasteiger partial charge is 0.363 e. The van der Waals surface area contributed by atoms with E-state index in [1.807, 2.05) is 48.5 Å². The van der Waals surface area contributed by atoms with Crippen molar-refractivity contribution >= 4 is 5.97 Å². The van der Waals surface area contributed by atoms with Crippen LogP contribution in [0.15, 0.2) is 85.2 Å². The van der Waals surface area contributed by atoms with Gasteiger partial charge in [0, 0.05) is 31.6 Å². The third kappa shape index (κ3) is 8.39. The lowest BCUT2D eigenvalue weighted by Gasteiger charge is -2.24. The monoisotopic (exact) mass is 546 g/mol. The number of esters is 1. The average molecular weight is 547 g/mol. The number of carbonyl (C=O) groups is 1. The molecule has 0 amide bonds. The summed E-state index contributed by atoms with van der Waals surface area (Å²) in [7, 11) is 0. The summed E-state index contributed by atoms with van der Waals surface area (Å²) in [6, 6.07) is 19.9. The Morgan fingerprint density at radius 3 is 2.40 bits per heavy atom. The average Bonchev–Trinajstić information content (AvgIpc) is 2.92. The molecule has 40 heavy (non-hydrogen) atoms. The lowest BCUT2D eigenvalue weighted by atomic mass is 10.0. The molecule has 0 radical (unpaired) electrons. The molecule has 0 fully saturated rings. The molecule has 3 aromatic carbocycles. The second-order valence-electron chi connectivity index (χ2n) is 9.66. The molecule has 0 saturated carbocycles. The molecule has 3 N–H and O–H groups in total. The Morgan fingerprint density at radius 2 is 1.68 bits per heavy atom. The van der Waals surface area contributed by atoms with E-state index in [2.05, 4.69) is 23.3 Å². The maximum atomic E-state index is 13.8. The Balaban J connectivity index is 1.50. The van der Waals surface area contributed by atoms with Crippen LogP contribution in [0.4, 0.5) is 8.78 Å². The van der Waals surface area contributed by atoms with Crippen molar-refractivity contribution in [1.82, 2.24) is 10.3 Å². The van der Waals surface area contributed by atoms with Crippen LogP contribution in [0.5, 0.6) is 0 Å². The Kier molecular flexibility index (Phi) is 9.88. The van der Waals surface area contributed by atoms with Gasteiger partial charge in [-0.2, -0.15) is 4.73 Å². The Hall–Kier alpha value is -4.21. The summed E-state index contributed by atoms with van der Waals surface area (Å²) in [4.78, 5) is 17.5. The van der Waals surface area contributed by atoms with Gasteiger partial charge in [-0.3, -0.25) is 0 Å². The topological polar surface area (TPSA) is 104 Å². The lowest BCUT2D eigenvalue weighted by molar-refractivity contribution is -0.606. The molecule has 0 aliphatic carbocycles. The first kappa shape index (κ1) is 28.8. The first-order valence-corrected chi connectivity index (χ1v) is 13.1. The highest BCUT2D eigenvalue weighted by Gasteiger charge is 2.26. The predicted molar refractivity (Wildman–Crippen MR) is 147 cm³/mol. The summed E-state index contributed by atoms with van der Waals surface area (Å²) in [5.41, 5.74) is 10.2. The number of carbonyl (C=O) groups excluding carboxylic acids is 1. The van der Waals surface area contributed by atoms with E-state index in [0.717, 1.165) is 29.8 Å². The van der Waals surface area contributed by atoms with Gasteiger partial charge in [0.1, 0.15) is 23.4 Å². The van der Waals surface area contributed by atoms with Crippen LogP contribution in [0.2, 0.25) is 0 Å². The van der Waals surface area contributed by atoms with Crippen LogP contribution < -0.4 is 15.8 Å². The van der Waals surface area contributed by atoms with Crippen LogP contribution in [0.1, 0.15) is 45.4 Å². The minimum absolute atomic E-state index is 0.0582. The standard InChI is InChI=1S/C31H32F2N4O3/c1-2-21-9-6-10-23(11-21)17-35-18-30(28(34)15-24-12-25(32)16-26(33)13-24)40-31(38)29-20-37(39)19-27(36-29)14-22-7-4-3-5-8-22/h3-13,16,19-20,28,30,35H,2,14-15,17-18,34H2,1H3/t28-,30+/m0/s1. The van der Waals surface area contributed by atoms with Gasteiger partial charge in [0.15, 0.2) is 0 Å². The van der Waals surface area contributed by atoms with E-state index >= 15 is 0 Å². The fourth-order valence-electron chi connectivity index (χ4n) is 4.43. The van der Waals surface area contributed by atoms with Crippen molar-refractivity contribution in [3.05, 3.63) is 136 Å². The fourth-order valence-corrected chi connectivity index (χ4v) is 4.43. The van der Waals surface area contributed by atoms with Crippen LogP contribution in [0, 0.1) is 16.8 Å². The predicted octanol–water partition coefficient (Wildman–Crippen LogP) is 4.03. The summed E-state index contributed by atoms with van der Waals surface area (Å²) in [6.45, 7) is 2.74. The fraction of sp³-hybridized carbons (Fsp3) is 0.258. The highest BCUT2D eigenvalue weighted by atomic mass is 19.1. The molecule has 1 heterocycles. The van der Waals surface area contributed by atoms with Crippen molar-refractivity contribution in [2.75, 3.05) is 6.54 Å². The number of aryl methyl sites for hydroxylation is 1. The zero-order chi connectivity index (χ0) is 28.5. The summed E-state index contributed by atoms with van der Waals surface area (Å²) >= 11 is 0. The molecule has 4 aromatic rings. The van der Waals surface area contributed by atoms with Gasteiger partial charge in [0.25, 0.3) is 0 Å². The largest absolute Gasteiger partial charge is 0.619 e. The van der Waals surface area contributed by atoms with Gasteiger partial charge in [0.05, 0.1) is 0 Å².